The zero-order valence-electron chi connectivity index (χ0n) is 17.0. The van der Waals surface area contributed by atoms with Crippen molar-refractivity contribution in [3.05, 3.63) is 82.1 Å². The molecule has 1 unspecified atom stereocenters. The molecule has 1 heterocycles. The summed E-state index contributed by atoms with van der Waals surface area (Å²) in [6.45, 7) is 2.13. The van der Waals surface area contributed by atoms with Crippen LogP contribution in [-0.4, -0.2) is 15.7 Å². The lowest BCUT2D eigenvalue weighted by atomic mass is 10.1. The Morgan fingerprint density at radius 3 is 2.22 bits per heavy atom. The maximum Gasteiger partial charge on any atom is 0.416 e. The van der Waals surface area contributed by atoms with E-state index in [1.54, 1.807) is 0 Å². The number of nitrogens with one attached hydrogen (secondary N) is 1. The third-order valence-electron chi connectivity index (χ3n) is 4.72. The highest BCUT2D eigenvalue weighted by Gasteiger charge is 2.30. The fraction of sp³-hybridized carbons (Fsp3) is 0.227. The van der Waals surface area contributed by atoms with Crippen LogP contribution < -0.4 is 10.9 Å². The van der Waals surface area contributed by atoms with E-state index in [-0.39, 0.29) is 22.5 Å². The molecule has 1 aromatic heterocycles. The molecule has 32 heavy (non-hydrogen) atoms. The van der Waals surface area contributed by atoms with Crippen molar-refractivity contribution in [1.82, 2.24) is 9.78 Å². The first kappa shape index (κ1) is 23.1. The number of nitrogens with zero attached hydrogens (tertiary/aromatic N) is 2. The van der Waals surface area contributed by atoms with Crippen LogP contribution in [0.5, 0.6) is 0 Å². The molecule has 0 saturated carbocycles. The van der Waals surface area contributed by atoms with E-state index in [4.69, 9.17) is 0 Å². The van der Waals surface area contributed by atoms with E-state index in [9.17, 15) is 31.5 Å². The van der Waals surface area contributed by atoms with Gasteiger partial charge in [0.25, 0.3) is 11.5 Å². The largest absolute Gasteiger partial charge is 0.416 e. The van der Waals surface area contributed by atoms with E-state index >= 15 is 0 Å². The van der Waals surface area contributed by atoms with E-state index < -0.39 is 35.2 Å². The van der Waals surface area contributed by atoms with Crippen molar-refractivity contribution in [1.29, 1.82) is 0 Å². The van der Waals surface area contributed by atoms with Crippen molar-refractivity contribution in [2.75, 3.05) is 5.32 Å². The highest BCUT2D eigenvalue weighted by Crippen LogP contribution is 2.31. The van der Waals surface area contributed by atoms with Crippen LogP contribution in [-0.2, 0) is 16.9 Å². The molecule has 0 aliphatic rings. The summed E-state index contributed by atoms with van der Waals surface area (Å²) in [7, 11) is 0. The van der Waals surface area contributed by atoms with Crippen molar-refractivity contribution in [2.45, 2.75) is 32.0 Å². The second-order valence-corrected chi connectivity index (χ2v) is 7.21. The number of hydrogen-bond donors (Lipinski definition) is 1. The Labute approximate surface area is 179 Å². The van der Waals surface area contributed by atoms with Gasteiger partial charge < -0.3 is 5.32 Å². The Hall–Kier alpha value is -3.56. The van der Waals surface area contributed by atoms with E-state index in [0.29, 0.717) is 0 Å². The number of aromatic nitrogens is 2. The van der Waals surface area contributed by atoms with E-state index in [0.717, 1.165) is 29.8 Å². The molecule has 1 N–H and O–H groups in total. The molecule has 0 spiro atoms. The number of carbonyl (C=O) groups is 1. The number of halogens is 5. The van der Waals surface area contributed by atoms with E-state index in [1.807, 2.05) is 0 Å². The second-order valence-electron chi connectivity index (χ2n) is 7.21. The summed E-state index contributed by atoms with van der Waals surface area (Å²) in [5, 5.41) is 6.55. The van der Waals surface area contributed by atoms with Crippen LogP contribution in [0, 0.1) is 0 Å². The summed E-state index contributed by atoms with van der Waals surface area (Å²) in [5.41, 5.74) is -1.31. The minimum Gasteiger partial charge on any atom is -0.324 e. The molecule has 3 aromatic rings. The van der Waals surface area contributed by atoms with Gasteiger partial charge in [0.1, 0.15) is 6.04 Å². The molecule has 168 valence electrons. The van der Waals surface area contributed by atoms with Crippen LogP contribution in [0.25, 0.3) is 11.3 Å². The summed E-state index contributed by atoms with van der Waals surface area (Å²) in [6, 6.07) is 10.6. The van der Waals surface area contributed by atoms with E-state index in [1.165, 1.54) is 49.4 Å². The first-order valence-corrected chi connectivity index (χ1v) is 9.43. The van der Waals surface area contributed by atoms with Crippen LogP contribution >= 0.6 is 0 Å². The normalized spacial score (nSPS) is 13.0. The minimum atomic E-state index is -4.55. The van der Waals surface area contributed by atoms with Gasteiger partial charge in [0, 0.05) is 29.8 Å². The first-order chi connectivity index (χ1) is 14.9. The van der Waals surface area contributed by atoms with Crippen LogP contribution in [0.3, 0.4) is 0 Å². The molecule has 3 rings (SSSR count). The fourth-order valence-corrected chi connectivity index (χ4v) is 2.92. The molecule has 10 heteroatoms. The van der Waals surface area contributed by atoms with Gasteiger partial charge in [0.15, 0.2) is 0 Å². The van der Waals surface area contributed by atoms with Gasteiger partial charge >= 0.3 is 6.18 Å². The lowest BCUT2D eigenvalue weighted by molar-refractivity contribution is -0.137. The van der Waals surface area contributed by atoms with Gasteiger partial charge in [0.2, 0.25) is 5.91 Å². The molecule has 1 amide bonds. The average molecular weight is 451 g/mol. The number of amides is 1. The van der Waals surface area contributed by atoms with Crippen molar-refractivity contribution >= 4 is 11.6 Å². The maximum atomic E-state index is 13.3. The Balaban J connectivity index is 1.85. The number of rotatable bonds is 5. The highest BCUT2D eigenvalue weighted by atomic mass is 19.4. The number of carbonyl (C=O) groups excluding carboxylic acids is 1. The summed E-state index contributed by atoms with van der Waals surface area (Å²) >= 11 is 0. The Morgan fingerprint density at radius 2 is 1.62 bits per heavy atom. The summed E-state index contributed by atoms with van der Waals surface area (Å²) < 4.78 is 66.4. The third-order valence-corrected chi connectivity index (χ3v) is 4.72. The molecule has 0 bridgehead atoms. The Bertz CT molecular complexity index is 1180. The topological polar surface area (TPSA) is 64.0 Å². The van der Waals surface area contributed by atoms with Crippen LogP contribution in [0.1, 0.15) is 31.0 Å². The molecule has 1 atom stereocenters. The quantitative estimate of drug-likeness (QED) is 0.540. The lowest BCUT2D eigenvalue weighted by Gasteiger charge is -2.16. The average Bonchev–Trinajstić information content (AvgIpc) is 2.73. The second kappa shape index (κ2) is 8.52. The maximum absolute atomic E-state index is 13.3. The summed E-state index contributed by atoms with van der Waals surface area (Å²) in [4.78, 5) is 24.8. The zero-order chi connectivity index (χ0) is 23.7. The molecule has 0 aliphatic heterocycles. The SMILES string of the molecule is CC(C(=O)Nc1ccc(C(C)(F)F)cc1)n1nc(-c2cccc(C(F)(F)F)c2)ccc1=O. The van der Waals surface area contributed by atoms with Gasteiger partial charge in [-0.2, -0.15) is 18.3 Å². The van der Waals surface area contributed by atoms with Crippen molar-refractivity contribution < 1.29 is 26.7 Å². The summed E-state index contributed by atoms with van der Waals surface area (Å²) in [6.07, 6.45) is -4.55. The molecule has 0 radical (unpaired) electrons. The van der Waals surface area contributed by atoms with Crippen LogP contribution in [0.4, 0.5) is 27.6 Å². The molecular formula is C22H18F5N3O2. The molecule has 5 nitrogen and oxygen atoms in total. The van der Waals surface area contributed by atoms with Gasteiger partial charge in [0.05, 0.1) is 11.3 Å². The van der Waals surface area contributed by atoms with Crippen LogP contribution in [0.15, 0.2) is 65.5 Å². The van der Waals surface area contributed by atoms with Gasteiger partial charge in [-0.3, -0.25) is 9.59 Å². The fourth-order valence-electron chi connectivity index (χ4n) is 2.92. The molecule has 0 saturated heterocycles. The predicted octanol–water partition coefficient (Wildman–Crippen LogP) is 5.24. The molecule has 0 fully saturated rings. The third kappa shape index (κ3) is 5.19. The highest BCUT2D eigenvalue weighted by molar-refractivity contribution is 5.93. The summed E-state index contributed by atoms with van der Waals surface area (Å²) in [5.74, 6) is -3.69. The number of alkyl halides is 5. The number of hydrogen-bond acceptors (Lipinski definition) is 3. The van der Waals surface area contributed by atoms with Gasteiger partial charge in [-0.1, -0.05) is 24.3 Å². The first-order valence-electron chi connectivity index (χ1n) is 9.43. The van der Waals surface area contributed by atoms with Gasteiger partial charge in [-0.05, 0) is 37.3 Å². The molecule has 2 aromatic carbocycles. The standard InChI is InChI=1S/C22H18F5N3O2/c1-13(20(32)28-17-8-6-15(7-9-17)21(2,23)24)30-19(31)11-10-18(29-30)14-4-3-5-16(12-14)22(25,26)27/h3-13H,1-2H3,(H,28,32). The van der Waals surface area contributed by atoms with Crippen molar-refractivity contribution in [3.63, 3.8) is 0 Å². The molecule has 0 aliphatic carbocycles. The molecular weight excluding hydrogens is 433 g/mol. The Kier molecular flexibility index (Phi) is 6.16. The monoisotopic (exact) mass is 451 g/mol. The lowest BCUT2D eigenvalue weighted by Crippen LogP contribution is -2.33. The van der Waals surface area contributed by atoms with Gasteiger partial charge in [-0.15, -0.1) is 0 Å². The van der Waals surface area contributed by atoms with Crippen LogP contribution in [0.2, 0.25) is 0 Å². The predicted molar refractivity (Wildman–Crippen MR) is 108 cm³/mol. The number of benzene rings is 2. The van der Waals surface area contributed by atoms with Crippen molar-refractivity contribution in [3.8, 4) is 11.3 Å². The zero-order valence-corrected chi connectivity index (χ0v) is 17.0. The Morgan fingerprint density at radius 1 is 0.969 bits per heavy atom. The number of anilines is 1. The van der Waals surface area contributed by atoms with Crippen molar-refractivity contribution in [2.24, 2.45) is 0 Å². The van der Waals surface area contributed by atoms with Gasteiger partial charge in [-0.25, -0.2) is 13.5 Å². The smallest absolute Gasteiger partial charge is 0.324 e. The van der Waals surface area contributed by atoms with E-state index in [2.05, 4.69) is 10.4 Å². The minimum absolute atomic E-state index is 0.0740.